The molecule has 1 heterocycles. The van der Waals surface area contributed by atoms with Crippen LogP contribution in [0.25, 0.3) is 0 Å². The second kappa shape index (κ2) is 5.43. The van der Waals surface area contributed by atoms with Gasteiger partial charge < -0.3 is 9.47 Å². The van der Waals surface area contributed by atoms with Crippen molar-refractivity contribution in [1.82, 2.24) is 0 Å². The first-order valence-electron chi connectivity index (χ1n) is 5.07. The summed E-state index contributed by atoms with van der Waals surface area (Å²) in [7, 11) is 1.63. The molecule has 1 saturated heterocycles. The molecule has 1 aromatic carbocycles. The molecule has 2 rings (SSSR count). The van der Waals surface area contributed by atoms with Gasteiger partial charge in [0.25, 0.3) is 0 Å². The van der Waals surface area contributed by atoms with Gasteiger partial charge in [0.1, 0.15) is 6.10 Å². The average molecular weight is 241 g/mol. The monoisotopic (exact) mass is 241 g/mol. The number of ether oxygens (including phenoxy) is 2. The molecule has 0 aromatic heterocycles. The molecule has 0 spiro atoms. The summed E-state index contributed by atoms with van der Waals surface area (Å²) in [5, 5.41) is 0. The van der Waals surface area contributed by atoms with E-state index in [0.29, 0.717) is 6.61 Å². The largest absolute Gasteiger partial charge is 0.493 e. The Kier molecular flexibility index (Phi) is 3.93. The van der Waals surface area contributed by atoms with Gasteiger partial charge >= 0.3 is 0 Å². The standard InChI is InChI=1S/C11H15NO3S/c1-13-10-4-2-3-8(5-14-12)11(10)15-9-6-16-7-9/h2-4,9H,5-7,12H2,1H3. The van der Waals surface area contributed by atoms with Crippen LogP contribution in [0.5, 0.6) is 11.5 Å². The van der Waals surface area contributed by atoms with Gasteiger partial charge in [-0.1, -0.05) is 12.1 Å². The molecular weight excluding hydrogens is 226 g/mol. The van der Waals surface area contributed by atoms with Crippen molar-refractivity contribution >= 4 is 11.8 Å². The molecule has 0 atom stereocenters. The smallest absolute Gasteiger partial charge is 0.167 e. The molecule has 88 valence electrons. The van der Waals surface area contributed by atoms with Crippen molar-refractivity contribution in [3.8, 4) is 11.5 Å². The highest BCUT2D eigenvalue weighted by atomic mass is 32.2. The van der Waals surface area contributed by atoms with Crippen molar-refractivity contribution in [3.63, 3.8) is 0 Å². The molecule has 1 fully saturated rings. The third-order valence-electron chi connectivity index (χ3n) is 2.41. The lowest BCUT2D eigenvalue weighted by Crippen LogP contribution is -2.31. The summed E-state index contributed by atoms with van der Waals surface area (Å²) < 4.78 is 11.1. The van der Waals surface area contributed by atoms with Gasteiger partial charge in [0.15, 0.2) is 11.5 Å². The van der Waals surface area contributed by atoms with Crippen LogP contribution in [0.1, 0.15) is 5.56 Å². The van der Waals surface area contributed by atoms with Crippen molar-refractivity contribution in [2.75, 3.05) is 18.6 Å². The summed E-state index contributed by atoms with van der Waals surface area (Å²) in [6.07, 6.45) is 0.276. The molecule has 0 saturated carbocycles. The van der Waals surface area contributed by atoms with E-state index >= 15 is 0 Å². The van der Waals surface area contributed by atoms with E-state index in [1.54, 1.807) is 7.11 Å². The molecule has 0 radical (unpaired) electrons. The zero-order chi connectivity index (χ0) is 11.4. The first-order valence-corrected chi connectivity index (χ1v) is 6.22. The first kappa shape index (κ1) is 11.6. The van der Waals surface area contributed by atoms with Gasteiger partial charge in [0, 0.05) is 17.1 Å². The topological polar surface area (TPSA) is 53.7 Å². The Labute approximate surface area is 99.0 Å². The van der Waals surface area contributed by atoms with Crippen LogP contribution >= 0.6 is 11.8 Å². The molecule has 1 aliphatic rings. The van der Waals surface area contributed by atoms with Gasteiger partial charge in [-0.3, -0.25) is 4.84 Å². The number of nitrogens with two attached hydrogens (primary N) is 1. The van der Waals surface area contributed by atoms with E-state index in [2.05, 4.69) is 4.84 Å². The minimum Gasteiger partial charge on any atom is -0.493 e. The van der Waals surface area contributed by atoms with E-state index in [1.165, 1.54) is 0 Å². The lowest BCUT2D eigenvalue weighted by atomic mass is 10.2. The molecule has 0 amide bonds. The third kappa shape index (κ3) is 2.42. The predicted molar refractivity (Wildman–Crippen MR) is 63.7 cm³/mol. The van der Waals surface area contributed by atoms with Crippen LogP contribution in [-0.2, 0) is 11.4 Å². The lowest BCUT2D eigenvalue weighted by molar-refractivity contribution is 0.119. The summed E-state index contributed by atoms with van der Waals surface area (Å²) in [5.74, 6) is 8.63. The molecule has 4 nitrogen and oxygen atoms in total. The van der Waals surface area contributed by atoms with Gasteiger partial charge in [-0.15, -0.1) is 0 Å². The van der Waals surface area contributed by atoms with Crippen molar-refractivity contribution in [2.45, 2.75) is 12.7 Å². The second-order valence-electron chi connectivity index (χ2n) is 3.54. The van der Waals surface area contributed by atoms with Crippen LogP contribution in [0.4, 0.5) is 0 Å². The molecule has 5 heteroatoms. The lowest BCUT2D eigenvalue weighted by Gasteiger charge is -2.27. The van der Waals surface area contributed by atoms with E-state index in [-0.39, 0.29) is 6.10 Å². The fourth-order valence-electron chi connectivity index (χ4n) is 1.51. The van der Waals surface area contributed by atoms with Gasteiger partial charge in [-0.05, 0) is 6.07 Å². The quantitative estimate of drug-likeness (QED) is 0.793. The maximum absolute atomic E-state index is 5.87. The normalized spacial score (nSPS) is 15.6. The van der Waals surface area contributed by atoms with Crippen LogP contribution in [0.15, 0.2) is 18.2 Å². The number of rotatable bonds is 5. The SMILES string of the molecule is COc1cccc(CON)c1OC1CSC1. The number of methoxy groups -OCH3 is 1. The van der Waals surface area contributed by atoms with E-state index < -0.39 is 0 Å². The predicted octanol–water partition coefficient (Wildman–Crippen LogP) is 1.58. The van der Waals surface area contributed by atoms with Crippen molar-refractivity contribution < 1.29 is 14.3 Å². The maximum Gasteiger partial charge on any atom is 0.167 e. The number of hydrogen-bond acceptors (Lipinski definition) is 5. The highest BCUT2D eigenvalue weighted by Gasteiger charge is 2.23. The average Bonchev–Trinajstić information content (AvgIpc) is 2.25. The van der Waals surface area contributed by atoms with Gasteiger partial charge in [-0.2, -0.15) is 11.8 Å². The summed E-state index contributed by atoms with van der Waals surface area (Å²) in [5.41, 5.74) is 0.916. The minimum absolute atomic E-state index is 0.276. The summed E-state index contributed by atoms with van der Waals surface area (Å²) in [6.45, 7) is 0.326. The Balaban J connectivity index is 2.21. The summed E-state index contributed by atoms with van der Waals surface area (Å²) in [4.78, 5) is 4.66. The van der Waals surface area contributed by atoms with Gasteiger partial charge in [0.05, 0.1) is 13.7 Å². The van der Waals surface area contributed by atoms with Crippen LogP contribution in [0.2, 0.25) is 0 Å². The number of hydrogen-bond donors (Lipinski definition) is 1. The van der Waals surface area contributed by atoms with Crippen molar-refractivity contribution in [1.29, 1.82) is 0 Å². The Morgan fingerprint density at radius 1 is 1.44 bits per heavy atom. The fourth-order valence-corrected chi connectivity index (χ4v) is 2.07. The Morgan fingerprint density at radius 2 is 2.25 bits per heavy atom. The van der Waals surface area contributed by atoms with Crippen LogP contribution in [0, 0.1) is 0 Å². The third-order valence-corrected chi connectivity index (χ3v) is 3.63. The Bertz CT molecular complexity index is 355. The van der Waals surface area contributed by atoms with Gasteiger partial charge in [-0.25, -0.2) is 5.90 Å². The molecule has 16 heavy (non-hydrogen) atoms. The molecule has 1 aliphatic heterocycles. The first-order chi connectivity index (χ1) is 7.85. The highest BCUT2D eigenvalue weighted by Crippen LogP contribution is 2.34. The molecule has 0 unspecified atom stereocenters. The van der Waals surface area contributed by atoms with Gasteiger partial charge in [0.2, 0.25) is 0 Å². The van der Waals surface area contributed by atoms with Crippen molar-refractivity contribution in [2.24, 2.45) is 5.90 Å². The summed E-state index contributed by atoms with van der Waals surface area (Å²) >= 11 is 1.88. The van der Waals surface area contributed by atoms with Crippen molar-refractivity contribution in [3.05, 3.63) is 23.8 Å². The molecule has 0 bridgehead atoms. The fraction of sp³-hybridized carbons (Fsp3) is 0.455. The molecule has 0 aliphatic carbocycles. The van der Waals surface area contributed by atoms with Crippen LogP contribution in [-0.4, -0.2) is 24.7 Å². The zero-order valence-electron chi connectivity index (χ0n) is 9.14. The van der Waals surface area contributed by atoms with E-state index in [4.69, 9.17) is 15.4 Å². The minimum atomic E-state index is 0.276. The second-order valence-corrected chi connectivity index (χ2v) is 4.61. The van der Waals surface area contributed by atoms with E-state index in [9.17, 15) is 0 Å². The highest BCUT2D eigenvalue weighted by molar-refractivity contribution is 8.00. The van der Waals surface area contributed by atoms with Crippen LogP contribution < -0.4 is 15.4 Å². The van der Waals surface area contributed by atoms with E-state index in [0.717, 1.165) is 28.6 Å². The van der Waals surface area contributed by atoms with E-state index in [1.807, 2.05) is 30.0 Å². The zero-order valence-corrected chi connectivity index (χ0v) is 9.96. The van der Waals surface area contributed by atoms with Crippen LogP contribution in [0.3, 0.4) is 0 Å². The maximum atomic E-state index is 5.87. The number of benzene rings is 1. The molecule has 1 aromatic rings. The Hall–Kier alpha value is -0.910. The Morgan fingerprint density at radius 3 is 2.81 bits per heavy atom. The molecular formula is C11H15NO3S. The summed E-state index contributed by atoms with van der Waals surface area (Å²) in [6, 6.07) is 5.70. The number of para-hydroxylation sites is 1. The molecule has 2 N–H and O–H groups in total. The number of thioether (sulfide) groups is 1.